The van der Waals surface area contributed by atoms with Gasteiger partial charge in [0.15, 0.2) is 0 Å². The van der Waals surface area contributed by atoms with Gasteiger partial charge < -0.3 is 15.5 Å². The van der Waals surface area contributed by atoms with Crippen molar-refractivity contribution in [3.63, 3.8) is 0 Å². The second-order valence-electron chi connectivity index (χ2n) is 9.81. The van der Waals surface area contributed by atoms with Crippen LogP contribution in [-0.2, 0) is 13.0 Å². The Kier molecular flexibility index (Phi) is 7.54. The molecule has 37 heavy (non-hydrogen) atoms. The zero-order valence-electron chi connectivity index (χ0n) is 22.0. The molecule has 1 aliphatic heterocycles. The van der Waals surface area contributed by atoms with Gasteiger partial charge in [0, 0.05) is 40.3 Å². The summed E-state index contributed by atoms with van der Waals surface area (Å²) in [4.78, 5) is 45.9. The fourth-order valence-corrected chi connectivity index (χ4v) is 5.10. The molecule has 1 aromatic heterocycles. The molecule has 0 unspecified atom stereocenters. The van der Waals surface area contributed by atoms with Gasteiger partial charge in [-0.15, -0.1) is 0 Å². The standard InChI is InChI=1S/C28H32BrN5O3/c1-15(2)31-28-32-24-14-33(26(36)20-11-16(3)18(5)23(29)13-20)17(4)12-22(24)27(37)34(28)21-9-7-19(8-10-21)25(35)30-6/h7-11,13,15,17H,12,14H2,1-6H3,(H,30,35)(H,31,32)/t17-/m1/s1. The fourth-order valence-electron chi connectivity index (χ4n) is 4.54. The topological polar surface area (TPSA) is 96.3 Å². The van der Waals surface area contributed by atoms with Crippen LogP contribution in [-0.4, -0.2) is 45.4 Å². The van der Waals surface area contributed by atoms with Crippen LogP contribution in [0.15, 0.2) is 45.7 Å². The number of nitrogens with one attached hydrogen (secondary N) is 2. The van der Waals surface area contributed by atoms with E-state index in [1.54, 1.807) is 40.8 Å². The first kappa shape index (κ1) is 26.6. The van der Waals surface area contributed by atoms with Gasteiger partial charge in [-0.3, -0.25) is 14.4 Å². The van der Waals surface area contributed by atoms with E-state index in [-0.39, 0.29) is 36.0 Å². The quantitative estimate of drug-likeness (QED) is 0.478. The highest BCUT2D eigenvalue weighted by Crippen LogP contribution is 2.27. The molecule has 0 saturated heterocycles. The largest absolute Gasteiger partial charge is 0.355 e. The van der Waals surface area contributed by atoms with Crippen LogP contribution in [0.25, 0.3) is 5.69 Å². The van der Waals surface area contributed by atoms with Gasteiger partial charge in [-0.2, -0.15) is 0 Å². The Morgan fingerprint density at radius 2 is 1.78 bits per heavy atom. The van der Waals surface area contributed by atoms with Crippen molar-refractivity contribution < 1.29 is 9.59 Å². The number of anilines is 1. The minimum absolute atomic E-state index is 0.0227. The van der Waals surface area contributed by atoms with Gasteiger partial charge in [-0.1, -0.05) is 15.9 Å². The first-order valence-electron chi connectivity index (χ1n) is 12.3. The molecular formula is C28H32BrN5O3. The van der Waals surface area contributed by atoms with Gasteiger partial charge in [-0.05, 0) is 88.6 Å². The lowest BCUT2D eigenvalue weighted by atomic mass is 9.97. The maximum atomic E-state index is 13.8. The highest BCUT2D eigenvalue weighted by molar-refractivity contribution is 9.10. The van der Waals surface area contributed by atoms with Crippen molar-refractivity contribution in [1.82, 2.24) is 19.8 Å². The number of halogens is 1. The molecule has 2 heterocycles. The van der Waals surface area contributed by atoms with E-state index in [9.17, 15) is 14.4 Å². The van der Waals surface area contributed by atoms with Crippen LogP contribution in [0.2, 0.25) is 0 Å². The van der Waals surface area contributed by atoms with E-state index in [2.05, 4.69) is 26.6 Å². The first-order chi connectivity index (χ1) is 17.5. The number of benzene rings is 2. The second-order valence-corrected chi connectivity index (χ2v) is 10.7. The van der Waals surface area contributed by atoms with Gasteiger partial charge in [0.2, 0.25) is 5.95 Å². The van der Waals surface area contributed by atoms with Crippen LogP contribution in [0.1, 0.15) is 63.9 Å². The Morgan fingerprint density at radius 3 is 2.38 bits per heavy atom. The number of fused-ring (bicyclic) bond motifs is 1. The molecule has 1 atom stereocenters. The zero-order chi connectivity index (χ0) is 27.0. The van der Waals surface area contributed by atoms with Crippen molar-refractivity contribution >= 4 is 33.7 Å². The maximum absolute atomic E-state index is 13.8. The number of hydrogen-bond donors (Lipinski definition) is 2. The monoisotopic (exact) mass is 565 g/mol. The van der Waals surface area contributed by atoms with Crippen LogP contribution >= 0.6 is 15.9 Å². The summed E-state index contributed by atoms with van der Waals surface area (Å²) in [5, 5.41) is 5.88. The average Bonchev–Trinajstić information content (AvgIpc) is 2.86. The average molecular weight is 567 g/mol. The highest BCUT2D eigenvalue weighted by Gasteiger charge is 2.32. The molecule has 0 spiro atoms. The SMILES string of the molecule is CNC(=O)c1ccc(-n2c(NC(C)C)nc3c(c2=O)C[C@@H](C)N(C(=O)c2cc(C)c(C)c(Br)c2)C3)cc1. The maximum Gasteiger partial charge on any atom is 0.263 e. The molecule has 0 fully saturated rings. The Morgan fingerprint density at radius 1 is 1.11 bits per heavy atom. The highest BCUT2D eigenvalue weighted by atomic mass is 79.9. The van der Waals surface area contributed by atoms with E-state index in [1.807, 2.05) is 46.8 Å². The molecule has 0 bridgehead atoms. The molecule has 0 radical (unpaired) electrons. The van der Waals surface area contributed by atoms with Crippen molar-refractivity contribution in [2.75, 3.05) is 12.4 Å². The van der Waals surface area contributed by atoms with Crippen LogP contribution in [0, 0.1) is 13.8 Å². The van der Waals surface area contributed by atoms with Gasteiger partial charge in [0.1, 0.15) is 0 Å². The molecule has 4 rings (SSSR count). The number of hydrogen-bond acceptors (Lipinski definition) is 5. The summed E-state index contributed by atoms with van der Waals surface area (Å²) in [6, 6.07) is 10.5. The van der Waals surface area contributed by atoms with E-state index in [0.717, 1.165) is 15.6 Å². The fraction of sp³-hybridized carbons (Fsp3) is 0.357. The summed E-state index contributed by atoms with van der Waals surface area (Å²) in [5.41, 5.74) is 4.89. The minimum atomic E-state index is -0.197. The molecule has 0 aliphatic carbocycles. The Balaban J connectivity index is 1.76. The van der Waals surface area contributed by atoms with Gasteiger partial charge in [-0.25, -0.2) is 9.55 Å². The summed E-state index contributed by atoms with van der Waals surface area (Å²) in [7, 11) is 1.58. The van der Waals surface area contributed by atoms with E-state index >= 15 is 0 Å². The summed E-state index contributed by atoms with van der Waals surface area (Å²) < 4.78 is 2.45. The number of aryl methyl sites for hydroxylation is 1. The van der Waals surface area contributed by atoms with E-state index in [1.165, 1.54) is 0 Å². The lowest BCUT2D eigenvalue weighted by Crippen LogP contribution is -2.46. The number of nitrogens with zero attached hydrogens (tertiary/aromatic N) is 3. The predicted molar refractivity (Wildman–Crippen MR) is 149 cm³/mol. The van der Waals surface area contributed by atoms with Crippen molar-refractivity contribution in [2.24, 2.45) is 0 Å². The number of carbonyl (C=O) groups is 2. The van der Waals surface area contributed by atoms with Gasteiger partial charge in [0.05, 0.1) is 17.9 Å². The summed E-state index contributed by atoms with van der Waals surface area (Å²) >= 11 is 3.56. The molecule has 2 aromatic carbocycles. The van der Waals surface area contributed by atoms with Crippen LogP contribution in [0.3, 0.4) is 0 Å². The minimum Gasteiger partial charge on any atom is -0.355 e. The zero-order valence-corrected chi connectivity index (χ0v) is 23.6. The molecular weight excluding hydrogens is 534 g/mol. The van der Waals surface area contributed by atoms with Crippen molar-refractivity contribution in [3.05, 3.63) is 84.7 Å². The summed E-state index contributed by atoms with van der Waals surface area (Å²) in [5.74, 6) is 0.121. The predicted octanol–water partition coefficient (Wildman–Crippen LogP) is 4.38. The third-order valence-corrected chi connectivity index (χ3v) is 7.58. The molecule has 9 heteroatoms. The van der Waals surface area contributed by atoms with Crippen LogP contribution in [0.4, 0.5) is 5.95 Å². The Bertz CT molecular complexity index is 1410. The van der Waals surface area contributed by atoms with Crippen molar-refractivity contribution in [3.8, 4) is 5.69 Å². The number of amides is 2. The van der Waals surface area contributed by atoms with Gasteiger partial charge in [0.25, 0.3) is 17.4 Å². The molecule has 3 aromatic rings. The molecule has 2 amide bonds. The van der Waals surface area contributed by atoms with Crippen LogP contribution < -0.4 is 16.2 Å². The number of aromatic nitrogens is 2. The summed E-state index contributed by atoms with van der Waals surface area (Å²) in [6.45, 7) is 10.1. The van der Waals surface area contributed by atoms with E-state index in [4.69, 9.17) is 4.98 Å². The third-order valence-electron chi connectivity index (χ3n) is 6.76. The Labute approximate surface area is 225 Å². The number of carbonyl (C=O) groups excluding carboxylic acids is 2. The molecule has 1 aliphatic rings. The molecule has 0 saturated carbocycles. The van der Waals surface area contributed by atoms with E-state index < -0.39 is 0 Å². The van der Waals surface area contributed by atoms with E-state index in [0.29, 0.717) is 40.4 Å². The molecule has 8 nitrogen and oxygen atoms in total. The molecule has 2 N–H and O–H groups in total. The van der Waals surface area contributed by atoms with Gasteiger partial charge >= 0.3 is 0 Å². The Hall–Kier alpha value is -3.46. The molecule has 194 valence electrons. The first-order valence-corrected chi connectivity index (χ1v) is 13.1. The van der Waals surface area contributed by atoms with Crippen LogP contribution in [0.5, 0.6) is 0 Å². The lowest BCUT2D eigenvalue weighted by Gasteiger charge is -2.35. The van der Waals surface area contributed by atoms with Crippen molar-refractivity contribution in [2.45, 2.75) is 59.7 Å². The number of rotatable bonds is 5. The lowest BCUT2D eigenvalue weighted by molar-refractivity contribution is 0.0652. The van der Waals surface area contributed by atoms with Crippen molar-refractivity contribution in [1.29, 1.82) is 0 Å². The summed E-state index contributed by atoms with van der Waals surface area (Å²) in [6.07, 6.45) is 0.400. The smallest absolute Gasteiger partial charge is 0.263 e. The third kappa shape index (κ3) is 5.18. The normalized spacial score (nSPS) is 14.9. The second kappa shape index (κ2) is 10.5.